The number of hydrogen-bond donors (Lipinski definition) is 0. The molecule has 2 aliphatic rings. The number of fused-ring (bicyclic) bond motifs is 2. The first-order chi connectivity index (χ1) is 15.2. The van der Waals surface area contributed by atoms with Gasteiger partial charge in [-0.1, -0.05) is 12.1 Å². The maximum atomic E-state index is 13.0. The highest BCUT2D eigenvalue weighted by molar-refractivity contribution is 7.18. The average molecular weight is 437 g/mol. The second-order valence-electron chi connectivity index (χ2n) is 7.90. The van der Waals surface area contributed by atoms with E-state index in [1.165, 1.54) is 0 Å². The summed E-state index contributed by atoms with van der Waals surface area (Å²) < 4.78 is 12.4. The number of rotatable bonds is 5. The molecule has 3 heterocycles. The van der Waals surface area contributed by atoms with Crippen molar-refractivity contribution in [2.24, 2.45) is 0 Å². The zero-order valence-corrected chi connectivity index (χ0v) is 18.0. The summed E-state index contributed by atoms with van der Waals surface area (Å²) in [5, 5.41) is 0.987. The lowest BCUT2D eigenvalue weighted by Gasteiger charge is -2.23. The van der Waals surface area contributed by atoms with E-state index in [2.05, 4.69) is 6.07 Å². The second kappa shape index (κ2) is 8.67. The molecule has 0 aliphatic carbocycles. The van der Waals surface area contributed by atoms with Gasteiger partial charge in [-0.25, -0.2) is 4.98 Å². The quantitative estimate of drug-likeness (QED) is 0.538. The van der Waals surface area contributed by atoms with Crippen LogP contribution in [0.3, 0.4) is 0 Å². The van der Waals surface area contributed by atoms with Crippen LogP contribution in [0.5, 0.6) is 11.5 Å². The number of benzene rings is 2. The minimum absolute atomic E-state index is 0.0121. The number of para-hydroxylation sites is 1. The summed E-state index contributed by atoms with van der Waals surface area (Å²) in [6, 6.07) is 13.3. The molecule has 31 heavy (non-hydrogen) atoms. The first kappa shape index (κ1) is 20.0. The Morgan fingerprint density at radius 3 is 2.74 bits per heavy atom. The Labute approximate surface area is 184 Å². The van der Waals surface area contributed by atoms with Crippen molar-refractivity contribution in [1.29, 1.82) is 0 Å². The van der Waals surface area contributed by atoms with Gasteiger partial charge in [-0.3, -0.25) is 9.59 Å². The van der Waals surface area contributed by atoms with E-state index in [1.54, 1.807) is 29.5 Å². The predicted molar refractivity (Wildman–Crippen MR) is 119 cm³/mol. The van der Waals surface area contributed by atoms with Crippen molar-refractivity contribution in [2.45, 2.75) is 38.1 Å². The molecule has 3 aromatic rings. The van der Waals surface area contributed by atoms with E-state index < -0.39 is 0 Å². The van der Waals surface area contributed by atoms with Gasteiger partial charge in [-0.15, -0.1) is 11.3 Å². The van der Waals surface area contributed by atoms with E-state index in [0.29, 0.717) is 30.3 Å². The molecule has 0 spiro atoms. The monoisotopic (exact) mass is 436 g/mol. The largest absolute Gasteiger partial charge is 0.490 e. The van der Waals surface area contributed by atoms with Gasteiger partial charge in [-0.05, 0) is 43.2 Å². The van der Waals surface area contributed by atoms with Gasteiger partial charge >= 0.3 is 0 Å². The van der Waals surface area contributed by atoms with E-state index >= 15 is 0 Å². The molecule has 0 radical (unpaired) electrons. The van der Waals surface area contributed by atoms with E-state index in [4.69, 9.17) is 14.5 Å². The summed E-state index contributed by atoms with van der Waals surface area (Å²) >= 11 is 1.65. The predicted octanol–water partition coefficient (Wildman–Crippen LogP) is 4.78. The Balaban J connectivity index is 1.24. The average Bonchev–Trinajstić information content (AvgIpc) is 3.38. The SMILES string of the molecule is O=C(CCC(=O)N1CCC[C@H]1c1nc2ccccc2s1)c1ccc2c(c1)OCCCO2. The molecule has 5 rings (SSSR count). The maximum absolute atomic E-state index is 13.0. The lowest BCUT2D eigenvalue weighted by atomic mass is 10.1. The first-order valence-electron chi connectivity index (χ1n) is 10.8. The number of aromatic nitrogens is 1. The zero-order chi connectivity index (χ0) is 21.2. The molecule has 1 amide bonds. The van der Waals surface area contributed by atoms with Gasteiger partial charge < -0.3 is 14.4 Å². The van der Waals surface area contributed by atoms with E-state index in [-0.39, 0.29) is 30.6 Å². The van der Waals surface area contributed by atoms with Crippen LogP contribution < -0.4 is 9.47 Å². The molecule has 2 aliphatic heterocycles. The smallest absolute Gasteiger partial charge is 0.223 e. The van der Waals surface area contributed by atoms with Gasteiger partial charge in [0.1, 0.15) is 5.01 Å². The summed E-state index contributed by atoms with van der Waals surface area (Å²) in [4.78, 5) is 32.3. The van der Waals surface area contributed by atoms with Gasteiger partial charge in [0.05, 0.1) is 29.5 Å². The summed E-state index contributed by atoms with van der Waals surface area (Å²) in [6.45, 7) is 1.91. The fourth-order valence-corrected chi connectivity index (χ4v) is 5.31. The Bertz CT molecular complexity index is 1090. The van der Waals surface area contributed by atoms with Crippen molar-refractivity contribution in [3.63, 3.8) is 0 Å². The fraction of sp³-hybridized carbons (Fsp3) is 0.375. The number of nitrogens with zero attached hydrogens (tertiary/aromatic N) is 2. The summed E-state index contributed by atoms with van der Waals surface area (Å²) in [5.41, 5.74) is 1.53. The molecular formula is C24H24N2O4S. The molecule has 0 unspecified atom stereocenters. The first-order valence-corrected chi connectivity index (χ1v) is 11.6. The molecule has 1 fully saturated rings. The third-order valence-electron chi connectivity index (χ3n) is 5.80. The Morgan fingerprint density at radius 2 is 1.87 bits per heavy atom. The van der Waals surface area contributed by atoms with Gasteiger partial charge in [0.2, 0.25) is 5.91 Å². The standard InChI is InChI=1S/C24H24N2O4S/c27-19(16-8-10-20-21(15-16)30-14-4-13-29-20)9-11-23(28)26-12-3-6-18(26)24-25-17-5-1-2-7-22(17)31-24/h1-2,5,7-8,10,15,18H,3-4,6,9,11-14H2/t18-/m0/s1. The van der Waals surface area contributed by atoms with E-state index in [0.717, 1.165) is 41.0 Å². The third-order valence-corrected chi connectivity index (χ3v) is 6.94. The number of likely N-dealkylation sites (tertiary alicyclic amines) is 1. The number of hydrogen-bond acceptors (Lipinski definition) is 6. The van der Waals surface area contributed by atoms with Crippen LogP contribution in [-0.2, 0) is 4.79 Å². The molecule has 1 aromatic heterocycles. The van der Waals surface area contributed by atoms with Gasteiger partial charge in [0.15, 0.2) is 17.3 Å². The molecule has 160 valence electrons. The van der Waals surface area contributed by atoms with E-state index in [9.17, 15) is 9.59 Å². The number of Topliss-reactive ketones (excluding diaryl/α,β-unsaturated/α-hetero) is 1. The Kier molecular flexibility index (Phi) is 5.59. The molecule has 0 N–H and O–H groups in total. The number of thiazole rings is 1. The number of carbonyl (C=O) groups is 2. The normalized spacial score (nSPS) is 18.2. The van der Waals surface area contributed by atoms with Crippen LogP contribution in [0, 0.1) is 0 Å². The van der Waals surface area contributed by atoms with Crippen molar-refractivity contribution in [2.75, 3.05) is 19.8 Å². The van der Waals surface area contributed by atoms with Gasteiger partial charge in [0.25, 0.3) is 0 Å². The minimum Gasteiger partial charge on any atom is -0.490 e. The molecule has 0 bridgehead atoms. The lowest BCUT2D eigenvalue weighted by molar-refractivity contribution is -0.132. The Hall–Kier alpha value is -2.93. The summed E-state index contributed by atoms with van der Waals surface area (Å²) in [6.07, 6.45) is 3.08. The van der Waals surface area contributed by atoms with Crippen LogP contribution in [0.4, 0.5) is 0 Å². The molecular weight excluding hydrogens is 412 g/mol. The fourth-order valence-electron chi connectivity index (χ4n) is 4.20. The third kappa shape index (κ3) is 4.14. The summed E-state index contributed by atoms with van der Waals surface area (Å²) in [7, 11) is 0. The van der Waals surface area contributed by atoms with E-state index in [1.807, 2.05) is 23.1 Å². The van der Waals surface area contributed by atoms with Crippen LogP contribution in [0.15, 0.2) is 42.5 Å². The maximum Gasteiger partial charge on any atom is 0.223 e. The molecule has 7 heteroatoms. The minimum atomic E-state index is -0.0558. The highest BCUT2D eigenvalue weighted by atomic mass is 32.1. The van der Waals surface area contributed by atoms with Crippen molar-refractivity contribution in [1.82, 2.24) is 9.88 Å². The number of carbonyl (C=O) groups excluding carboxylic acids is 2. The van der Waals surface area contributed by atoms with Crippen LogP contribution in [0.2, 0.25) is 0 Å². The highest BCUT2D eigenvalue weighted by Gasteiger charge is 2.32. The highest BCUT2D eigenvalue weighted by Crippen LogP contribution is 2.37. The molecule has 0 saturated carbocycles. The van der Waals surface area contributed by atoms with Crippen LogP contribution in [-0.4, -0.2) is 41.3 Å². The molecule has 6 nitrogen and oxygen atoms in total. The van der Waals surface area contributed by atoms with Crippen LogP contribution in [0.1, 0.15) is 53.5 Å². The van der Waals surface area contributed by atoms with Gasteiger partial charge in [-0.2, -0.15) is 0 Å². The van der Waals surface area contributed by atoms with Gasteiger partial charge in [0, 0.05) is 31.4 Å². The number of amides is 1. The van der Waals surface area contributed by atoms with Crippen molar-refractivity contribution >= 4 is 33.2 Å². The molecule has 2 aromatic carbocycles. The molecule has 1 saturated heterocycles. The summed E-state index contributed by atoms with van der Waals surface area (Å²) in [5.74, 6) is 1.23. The topological polar surface area (TPSA) is 68.7 Å². The number of ketones is 1. The van der Waals surface area contributed by atoms with Crippen molar-refractivity contribution in [3.8, 4) is 11.5 Å². The number of ether oxygens (including phenoxy) is 2. The van der Waals surface area contributed by atoms with Crippen molar-refractivity contribution < 1.29 is 19.1 Å². The molecule has 1 atom stereocenters. The lowest BCUT2D eigenvalue weighted by Crippen LogP contribution is -2.30. The van der Waals surface area contributed by atoms with Crippen LogP contribution >= 0.6 is 11.3 Å². The second-order valence-corrected chi connectivity index (χ2v) is 8.96. The van der Waals surface area contributed by atoms with Crippen LogP contribution in [0.25, 0.3) is 10.2 Å². The Morgan fingerprint density at radius 1 is 1.03 bits per heavy atom. The zero-order valence-electron chi connectivity index (χ0n) is 17.2. The van der Waals surface area contributed by atoms with Crippen molar-refractivity contribution in [3.05, 3.63) is 53.0 Å².